The predicted molar refractivity (Wildman–Crippen MR) is 108 cm³/mol. The molecule has 1 aliphatic rings. The Hall–Kier alpha value is -1.16. The molecule has 0 unspecified atom stereocenters. The molecule has 2 aromatic rings. The molecule has 1 atom stereocenters. The molecule has 0 saturated carbocycles. The summed E-state index contributed by atoms with van der Waals surface area (Å²) < 4.78 is 0. The van der Waals surface area contributed by atoms with Gasteiger partial charge in [-0.2, -0.15) is 0 Å². The number of aryl methyl sites for hydroxylation is 1. The van der Waals surface area contributed by atoms with Gasteiger partial charge in [0.05, 0.1) is 11.4 Å². The first-order valence-electron chi connectivity index (χ1n) is 8.40. The Morgan fingerprint density at radius 3 is 2.46 bits per heavy atom. The van der Waals surface area contributed by atoms with Crippen molar-refractivity contribution < 1.29 is 0 Å². The van der Waals surface area contributed by atoms with Gasteiger partial charge >= 0.3 is 0 Å². The molecule has 0 fully saturated rings. The lowest BCUT2D eigenvalue weighted by Gasteiger charge is -2.35. The van der Waals surface area contributed by atoms with E-state index >= 15 is 0 Å². The summed E-state index contributed by atoms with van der Waals surface area (Å²) in [6, 6.07) is 15.7. The van der Waals surface area contributed by atoms with Crippen LogP contribution in [0.2, 0.25) is 0 Å². The van der Waals surface area contributed by atoms with Crippen molar-refractivity contribution in [2.75, 3.05) is 32.1 Å². The smallest absolute Gasteiger partial charge is 0.0555 e. The molecule has 0 radical (unpaired) electrons. The van der Waals surface area contributed by atoms with E-state index in [1.54, 1.807) is 0 Å². The van der Waals surface area contributed by atoms with Crippen LogP contribution in [0.15, 0.2) is 52.3 Å². The lowest BCUT2D eigenvalue weighted by Crippen LogP contribution is -2.31. The molecule has 1 aliphatic heterocycles. The Morgan fingerprint density at radius 2 is 1.75 bits per heavy atom. The Balaban J connectivity index is 0.00000208. The minimum atomic E-state index is 0. The molecule has 2 aromatic carbocycles. The summed E-state index contributed by atoms with van der Waals surface area (Å²) >= 11 is 1.89. The summed E-state index contributed by atoms with van der Waals surface area (Å²) in [6.45, 7) is 6.73. The molecule has 0 bridgehead atoms. The molecule has 0 aromatic heterocycles. The maximum Gasteiger partial charge on any atom is 0.0555 e. The van der Waals surface area contributed by atoms with Crippen LogP contribution in [0.3, 0.4) is 0 Å². The van der Waals surface area contributed by atoms with Crippen molar-refractivity contribution in [3.05, 3.63) is 48.0 Å². The predicted octanol–water partition coefficient (Wildman–Crippen LogP) is 5.47. The third kappa shape index (κ3) is 4.08. The van der Waals surface area contributed by atoms with Gasteiger partial charge in [0.1, 0.15) is 0 Å². The molecule has 0 N–H and O–H groups in total. The topological polar surface area (TPSA) is 6.48 Å². The van der Waals surface area contributed by atoms with Crippen molar-refractivity contribution in [3.63, 3.8) is 0 Å². The minimum Gasteiger partial charge on any atom is -0.339 e. The number of para-hydroxylation sites is 1. The van der Waals surface area contributed by atoms with Crippen LogP contribution in [0.4, 0.5) is 11.4 Å². The van der Waals surface area contributed by atoms with Gasteiger partial charge in [-0.3, -0.25) is 0 Å². The summed E-state index contributed by atoms with van der Waals surface area (Å²) in [4.78, 5) is 7.53. The monoisotopic (exact) mass is 362 g/mol. The standard InChI is InChI=1S/C20H26N2S.ClH/c1-5-16-10-11-20-18(12-16)22(14-15(2)13-21(3)4)17-8-6-7-9-19(17)23-20;/h6-12,15H,5,13-14H2,1-4H3;1H/t15-;/m0./s1. The minimum absolute atomic E-state index is 0. The molecule has 0 amide bonds. The molecule has 4 heteroatoms. The SMILES string of the molecule is CCc1ccc2c(c1)N(C[C@@H](C)CN(C)C)c1ccccc1S2.Cl. The maximum atomic E-state index is 2.52. The fourth-order valence-corrected chi connectivity index (χ4v) is 4.36. The number of benzene rings is 2. The number of fused-ring (bicyclic) bond motifs is 2. The normalized spacial score (nSPS) is 14.0. The molecule has 2 nitrogen and oxygen atoms in total. The van der Waals surface area contributed by atoms with E-state index in [1.807, 2.05) is 11.8 Å². The number of anilines is 2. The van der Waals surface area contributed by atoms with E-state index in [1.165, 1.54) is 26.7 Å². The largest absolute Gasteiger partial charge is 0.339 e. The van der Waals surface area contributed by atoms with E-state index in [4.69, 9.17) is 0 Å². The average Bonchev–Trinajstić information content (AvgIpc) is 2.53. The third-order valence-corrected chi connectivity index (χ3v) is 5.40. The third-order valence-electron chi connectivity index (χ3n) is 4.27. The molecule has 0 saturated heterocycles. The van der Waals surface area contributed by atoms with Crippen molar-refractivity contribution in [2.45, 2.75) is 30.1 Å². The molecular weight excluding hydrogens is 336 g/mol. The average molecular weight is 363 g/mol. The summed E-state index contributed by atoms with van der Waals surface area (Å²) in [5.74, 6) is 0.610. The molecular formula is C20H27ClN2S. The Kier molecular flexibility index (Phi) is 6.62. The lowest BCUT2D eigenvalue weighted by atomic mass is 10.1. The first kappa shape index (κ1) is 19.2. The van der Waals surface area contributed by atoms with E-state index < -0.39 is 0 Å². The van der Waals surface area contributed by atoms with E-state index in [9.17, 15) is 0 Å². The van der Waals surface area contributed by atoms with Gasteiger partial charge in [-0.05, 0) is 56.3 Å². The fraction of sp³-hybridized carbons (Fsp3) is 0.400. The van der Waals surface area contributed by atoms with Crippen molar-refractivity contribution in [2.24, 2.45) is 5.92 Å². The maximum absolute atomic E-state index is 2.52. The van der Waals surface area contributed by atoms with Gasteiger partial charge in [0.15, 0.2) is 0 Å². The molecule has 0 spiro atoms. The zero-order valence-corrected chi connectivity index (χ0v) is 16.6. The van der Waals surface area contributed by atoms with Gasteiger partial charge in [-0.25, -0.2) is 0 Å². The molecule has 1 heterocycles. The van der Waals surface area contributed by atoms with E-state index in [0.29, 0.717) is 5.92 Å². The van der Waals surface area contributed by atoms with Gasteiger partial charge < -0.3 is 9.80 Å². The van der Waals surface area contributed by atoms with Gasteiger partial charge in [-0.15, -0.1) is 12.4 Å². The van der Waals surface area contributed by atoms with Gasteiger partial charge in [-0.1, -0.05) is 43.8 Å². The van der Waals surface area contributed by atoms with Crippen molar-refractivity contribution in [3.8, 4) is 0 Å². The second kappa shape index (κ2) is 8.28. The quantitative estimate of drug-likeness (QED) is 0.696. The number of rotatable bonds is 5. The fourth-order valence-electron chi connectivity index (χ4n) is 3.28. The Bertz CT molecular complexity index is 687. The van der Waals surface area contributed by atoms with Gasteiger partial charge in [0, 0.05) is 22.9 Å². The van der Waals surface area contributed by atoms with Crippen molar-refractivity contribution in [1.29, 1.82) is 0 Å². The lowest BCUT2D eigenvalue weighted by molar-refractivity contribution is 0.343. The summed E-state index contributed by atoms with van der Waals surface area (Å²) in [6.07, 6.45) is 1.08. The highest BCUT2D eigenvalue weighted by Crippen LogP contribution is 2.48. The van der Waals surface area contributed by atoms with Crippen LogP contribution < -0.4 is 4.90 Å². The molecule has 0 aliphatic carbocycles. The van der Waals surface area contributed by atoms with Crippen LogP contribution >= 0.6 is 24.2 Å². The molecule has 130 valence electrons. The number of nitrogens with zero attached hydrogens (tertiary/aromatic N) is 2. The highest BCUT2D eigenvalue weighted by molar-refractivity contribution is 7.99. The van der Waals surface area contributed by atoms with Crippen molar-refractivity contribution >= 4 is 35.5 Å². The molecule has 24 heavy (non-hydrogen) atoms. The van der Waals surface area contributed by atoms with Crippen molar-refractivity contribution in [1.82, 2.24) is 4.90 Å². The van der Waals surface area contributed by atoms with Crippen LogP contribution in [-0.4, -0.2) is 32.1 Å². The first-order chi connectivity index (χ1) is 11.1. The number of hydrogen-bond donors (Lipinski definition) is 0. The van der Waals surface area contributed by atoms with Gasteiger partial charge in [0.25, 0.3) is 0 Å². The number of hydrogen-bond acceptors (Lipinski definition) is 3. The van der Waals surface area contributed by atoms with E-state index in [2.05, 4.69) is 80.2 Å². The van der Waals surface area contributed by atoms with Crippen LogP contribution in [-0.2, 0) is 6.42 Å². The summed E-state index contributed by atoms with van der Waals surface area (Å²) in [7, 11) is 4.30. The zero-order valence-electron chi connectivity index (χ0n) is 15.0. The van der Waals surface area contributed by atoms with E-state index in [0.717, 1.165) is 19.5 Å². The summed E-state index contributed by atoms with van der Waals surface area (Å²) in [5, 5.41) is 0. The van der Waals surface area contributed by atoms with Crippen LogP contribution in [0, 0.1) is 5.92 Å². The Labute approximate surface area is 156 Å². The molecule has 3 rings (SSSR count). The van der Waals surface area contributed by atoms with Crippen LogP contribution in [0.25, 0.3) is 0 Å². The Morgan fingerprint density at radius 1 is 1.04 bits per heavy atom. The highest BCUT2D eigenvalue weighted by atomic mass is 35.5. The zero-order chi connectivity index (χ0) is 16.4. The first-order valence-corrected chi connectivity index (χ1v) is 9.22. The van der Waals surface area contributed by atoms with Crippen LogP contribution in [0.5, 0.6) is 0 Å². The second-order valence-electron chi connectivity index (χ2n) is 6.70. The van der Waals surface area contributed by atoms with Crippen LogP contribution in [0.1, 0.15) is 19.4 Å². The summed E-state index contributed by atoms with van der Waals surface area (Å²) in [5.41, 5.74) is 4.14. The van der Waals surface area contributed by atoms with E-state index in [-0.39, 0.29) is 12.4 Å². The highest BCUT2D eigenvalue weighted by Gasteiger charge is 2.24. The van der Waals surface area contributed by atoms with Gasteiger partial charge in [0.2, 0.25) is 0 Å². The second-order valence-corrected chi connectivity index (χ2v) is 7.79. The number of halogens is 1.